The Labute approximate surface area is 106 Å². The van der Waals surface area contributed by atoms with Gasteiger partial charge in [0.25, 0.3) is 0 Å². The van der Waals surface area contributed by atoms with Crippen LogP contribution in [0.2, 0.25) is 0 Å². The van der Waals surface area contributed by atoms with Crippen LogP contribution in [-0.2, 0) is 0 Å². The lowest BCUT2D eigenvalue weighted by Gasteiger charge is -1.97. The van der Waals surface area contributed by atoms with Gasteiger partial charge in [0, 0.05) is 11.6 Å². The van der Waals surface area contributed by atoms with Gasteiger partial charge in [-0.1, -0.05) is 54.6 Å². The Bertz CT molecular complexity index is 688. The maximum atomic E-state index is 4.49. The lowest BCUT2D eigenvalue weighted by molar-refractivity contribution is 1.19. The highest BCUT2D eigenvalue weighted by molar-refractivity contribution is 5.79. The van der Waals surface area contributed by atoms with Crippen molar-refractivity contribution in [3.8, 4) is 0 Å². The Balaban J connectivity index is 1.93. The number of hydrogen-bond acceptors (Lipinski definition) is 2. The van der Waals surface area contributed by atoms with Crippen molar-refractivity contribution in [2.45, 2.75) is 0 Å². The molecule has 0 bridgehead atoms. The van der Waals surface area contributed by atoms with Crippen molar-refractivity contribution < 1.29 is 0 Å². The molecule has 2 aromatic carbocycles. The van der Waals surface area contributed by atoms with Crippen LogP contribution in [0.25, 0.3) is 23.1 Å². The first-order valence-corrected chi connectivity index (χ1v) is 5.87. The maximum Gasteiger partial charge on any atom is 0.152 e. The fourth-order valence-corrected chi connectivity index (χ4v) is 1.80. The van der Waals surface area contributed by atoms with Gasteiger partial charge in [0.15, 0.2) is 5.82 Å². The molecular formula is C16H12N2. The molecule has 0 unspecified atom stereocenters. The number of nitrogens with zero attached hydrogens (tertiary/aromatic N) is 2. The SMILES string of the molecule is C(=C\c1ncc2ccccc2n1)/c1ccccc1. The van der Waals surface area contributed by atoms with Crippen molar-refractivity contribution >= 4 is 23.1 Å². The zero-order chi connectivity index (χ0) is 12.2. The molecule has 1 aromatic heterocycles. The van der Waals surface area contributed by atoms with Crippen LogP contribution in [0.4, 0.5) is 0 Å². The summed E-state index contributed by atoms with van der Waals surface area (Å²) in [5.74, 6) is 0.734. The molecule has 0 amide bonds. The van der Waals surface area contributed by atoms with Gasteiger partial charge in [0.1, 0.15) is 0 Å². The molecule has 0 saturated carbocycles. The van der Waals surface area contributed by atoms with Crippen LogP contribution in [0.1, 0.15) is 11.4 Å². The molecule has 86 valence electrons. The third-order valence-corrected chi connectivity index (χ3v) is 2.73. The van der Waals surface area contributed by atoms with Gasteiger partial charge in [0.05, 0.1) is 5.52 Å². The zero-order valence-corrected chi connectivity index (χ0v) is 9.82. The van der Waals surface area contributed by atoms with Gasteiger partial charge in [-0.05, 0) is 17.7 Å². The number of benzene rings is 2. The Kier molecular flexibility index (Phi) is 2.84. The Morgan fingerprint density at radius 1 is 0.778 bits per heavy atom. The molecule has 0 fully saturated rings. The summed E-state index contributed by atoms with van der Waals surface area (Å²) < 4.78 is 0. The minimum atomic E-state index is 0.734. The van der Waals surface area contributed by atoms with E-state index in [4.69, 9.17) is 0 Å². The molecule has 0 aliphatic heterocycles. The van der Waals surface area contributed by atoms with Crippen molar-refractivity contribution in [3.63, 3.8) is 0 Å². The monoisotopic (exact) mass is 232 g/mol. The van der Waals surface area contributed by atoms with Gasteiger partial charge in [-0.15, -0.1) is 0 Å². The second kappa shape index (κ2) is 4.80. The fourth-order valence-electron chi connectivity index (χ4n) is 1.80. The highest BCUT2D eigenvalue weighted by Crippen LogP contribution is 2.11. The second-order valence-electron chi connectivity index (χ2n) is 4.03. The molecule has 0 saturated heterocycles. The second-order valence-corrected chi connectivity index (χ2v) is 4.03. The van der Waals surface area contributed by atoms with Gasteiger partial charge < -0.3 is 0 Å². The summed E-state index contributed by atoms with van der Waals surface area (Å²) in [4.78, 5) is 8.82. The Morgan fingerprint density at radius 2 is 1.56 bits per heavy atom. The van der Waals surface area contributed by atoms with E-state index in [2.05, 4.69) is 22.1 Å². The summed E-state index contributed by atoms with van der Waals surface area (Å²) in [6.07, 6.45) is 5.80. The number of para-hydroxylation sites is 1. The first-order valence-electron chi connectivity index (χ1n) is 5.87. The van der Waals surface area contributed by atoms with E-state index in [9.17, 15) is 0 Å². The van der Waals surface area contributed by atoms with E-state index < -0.39 is 0 Å². The molecule has 1 heterocycles. The summed E-state index contributed by atoms with van der Waals surface area (Å²) in [5.41, 5.74) is 2.12. The van der Waals surface area contributed by atoms with Crippen LogP contribution < -0.4 is 0 Å². The lowest BCUT2D eigenvalue weighted by atomic mass is 10.2. The molecule has 2 nitrogen and oxygen atoms in total. The van der Waals surface area contributed by atoms with E-state index in [0.29, 0.717) is 0 Å². The molecule has 0 aliphatic rings. The Hall–Kier alpha value is -2.48. The summed E-state index contributed by atoms with van der Waals surface area (Å²) in [6, 6.07) is 18.1. The highest BCUT2D eigenvalue weighted by atomic mass is 14.9. The van der Waals surface area contributed by atoms with E-state index >= 15 is 0 Å². The topological polar surface area (TPSA) is 25.8 Å². The molecule has 3 rings (SSSR count). The minimum absolute atomic E-state index is 0.734. The minimum Gasteiger partial charge on any atom is -0.236 e. The van der Waals surface area contributed by atoms with Crippen molar-refractivity contribution in [3.05, 3.63) is 72.2 Å². The zero-order valence-electron chi connectivity index (χ0n) is 9.82. The van der Waals surface area contributed by atoms with Crippen LogP contribution in [0.5, 0.6) is 0 Å². The van der Waals surface area contributed by atoms with Crippen LogP contribution in [0, 0.1) is 0 Å². The lowest BCUT2D eigenvalue weighted by Crippen LogP contribution is -1.87. The number of rotatable bonds is 2. The van der Waals surface area contributed by atoms with Crippen molar-refractivity contribution in [2.75, 3.05) is 0 Å². The van der Waals surface area contributed by atoms with Crippen molar-refractivity contribution in [1.29, 1.82) is 0 Å². The molecular weight excluding hydrogens is 220 g/mol. The van der Waals surface area contributed by atoms with Gasteiger partial charge in [-0.3, -0.25) is 0 Å². The third kappa shape index (κ3) is 2.28. The molecule has 0 N–H and O–H groups in total. The van der Waals surface area contributed by atoms with E-state index in [1.807, 2.05) is 60.8 Å². The summed E-state index contributed by atoms with van der Waals surface area (Å²) in [7, 11) is 0. The van der Waals surface area contributed by atoms with Gasteiger partial charge in [-0.2, -0.15) is 0 Å². The fraction of sp³-hybridized carbons (Fsp3) is 0. The van der Waals surface area contributed by atoms with E-state index in [1.165, 1.54) is 0 Å². The molecule has 3 aromatic rings. The van der Waals surface area contributed by atoms with Crippen LogP contribution >= 0.6 is 0 Å². The Morgan fingerprint density at radius 3 is 2.44 bits per heavy atom. The smallest absolute Gasteiger partial charge is 0.152 e. The van der Waals surface area contributed by atoms with Gasteiger partial charge in [0.2, 0.25) is 0 Å². The van der Waals surface area contributed by atoms with Crippen LogP contribution in [0.15, 0.2) is 60.8 Å². The standard InChI is InChI=1S/C16H12N2/c1-2-6-13(7-3-1)10-11-16-17-12-14-8-4-5-9-15(14)18-16/h1-12H/b11-10+. The van der Waals surface area contributed by atoms with E-state index in [-0.39, 0.29) is 0 Å². The maximum absolute atomic E-state index is 4.49. The molecule has 0 atom stereocenters. The first-order chi connectivity index (χ1) is 8.92. The number of hydrogen-bond donors (Lipinski definition) is 0. The summed E-state index contributed by atoms with van der Waals surface area (Å²) in [6.45, 7) is 0. The molecule has 0 radical (unpaired) electrons. The van der Waals surface area contributed by atoms with Gasteiger partial charge >= 0.3 is 0 Å². The molecule has 18 heavy (non-hydrogen) atoms. The largest absolute Gasteiger partial charge is 0.236 e. The summed E-state index contributed by atoms with van der Waals surface area (Å²) in [5, 5.41) is 1.06. The number of aromatic nitrogens is 2. The predicted molar refractivity (Wildman–Crippen MR) is 74.9 cm³/mol. The van der Waals surface area contributed by atoms with Crippen molar-refractivity contribution in [2.24, 2.45) is 0 Å². The third-order valence-electron chi connectivity index (χ3n) is 2.73. The number of fused-ring (bicyclic) bond motifs is 1. The van der Waals surface area contributed by atoms with E-state index in [0.717, 1.165) is 22.3 Å². The highest BCUT2D eigenvalue weighted by Gasteiger charge is 1.95. The predicted octanol–water partition coefficient (Wildman–Crippen LogP) is 3.80. The van der Waals surface area contributed by atoms with Crippen LogP contribution in [-0.4, -0.2) is 9.97 Å². The molecule has 0 aliphatic carbocycles. The average molecular weight is 232 g/mol. The quantitative estimate of drug-likeness (QED) is 0.671. The molecule has 0 spiro atoms. The summed E-state index contributed by atoms with van der Waals surface area (Å²) >= 11 is 0. The van der Waals surface area contributed by atoms with Crippen LogP contribution in [0.3, 0.4) is 0 Å². The average Bonchev–Trinajstić information content (AvgIpc) is 2.46. The first kappa shape index (κ1) is 10.7. The van der Waals surface area contributed by atoms with Gasteiger partial charge in [-0.25, -0.2) is 9.97 Å². The normalized spacial score (nSPS) is 11.1. The van der Waals surface area contributed by atoms with Crippen molar-refractivity contribution in [1.82, 2.24) is 9.97 Å². The molecule has 2 heteroatoms. The van der Waals surface area contributed by atoms with E-state index in [1.54, 1.807) is 0 Å².